The monoisotopic (exact) mass is 452 g/mol. The minimum atomic E-state index is -0.613. The fourth-order valence-electron chi connectivity index (χ4n) is 5.07. The zero-order valence-corrected chi connectivity index (χ0v) is 18.1. The van der Waals surface area contributed by atoms with Crippen molar-refractivity contribution in [1.29, 1.82) is 5.26 Å². The Morgan fingerprint density at radius 2 is 1.91 bits per heavy atom. The topological polar surface area (TPSA) is 130 Å². The lowest BCUT2D eigenvalue weighted by Gasteiger charge is -2.40. The number of allylic oxidation sites excluding steroid dienone is 3. The predicted octanol–water partition coefficient (Wildman–Crippen LogP) is 3.23. The average molecular weight is 452 g/mol. The van der Waals surface area contributed by atoms with Gasteiger partial charge in [-0.2, -0.15) is 15.3 Å². The first-order valence-corrected chi connectivity index (χ1v) is 10.9. The lowest BCUT2D eigenvalue weighted by atomic mass is 9.72. The van der Waals surface area contributed by atoms with Gasteiger partial charge in [-0.25, -0.2) is 5.10 Å². The Hall–Kier alpha value is -4.58. The first kappa shape index (κ1) is 20.1. The van der Waals surface area contributed by atoms with Crippen LogP contribution in [0.25, 0.3) is 0 Å². The molecule has 2 aliphatic heterocycles. The van der Waals surface area contributed by atoms with Gasteiger partial charge in [-0.3, -0.25) is 9.69 Å². The maximum absolute atomic E-state index is 13.8. The highest BCUT2D eigenvalue weighted by molar-refractivity contribution is 6.01. The number of nitriles is 1. The summed E-state index contributed by atoms with van der Waals surface area (Å²) in [5.41, 5.74) is 9.97. The lowest BCUT2D eigenvalue weighted by molar-refractivity contribution is -0.116. The highest BCUT2D eigenvalue weighted by Gasteiger charge is 2.43. The molecule has 1 aliphatic carbocycles. The fourth-order valence-corrected chi connectivity index (χ4v) is 5.07. The van der Waals surface area contributed by atoms with E-state index in [1.807, 2.05) is 42.5 Å². The zero-order valence-electron chi connectivity index (χ0n) is 18.1. The van der Waals surface area contributed by atoms with Gasteiger partial charge in [-0.15, -0.1) is 0 Å². The number of fused-ring (bicyclic) bond motifs is 1. The molecule has 2 atom stereocenters. The molecule has 1 aromatic heterocycles. The van der Waals surface area contributed by atoms with Crippen molar-refractivity contribution in [3.8, 4) is 17.6 Å². The van der Waals surface area contributed by atoms with Crippen molar-refractivity contribution >= 4 is 11.7 Å². The predicted molar refractivity (Wildman–Crippen MR) is 121 cm³/mol. The van der Waals surface area contributed by atoms with Crippen LogP contribution < -0.4 is 20.1 Å². The minimum Gasteiger partial charge on any atom is -0.454 e. The van der Waals surface area contributed by atoms with Crippen LogP contribution in [0.4, 0.5) is 5.95 Å². The summed E-state index contributed by atoms with van der Waals surface area (Å²) < 4.78 is 11.0. The number of aromatic amines is 1. The fraction of sp³-hybridized carbons (Fsp3) is 0.200. The first-order valence-electron chi connectivity index (χ1n) is 10.9. The molecular weight excluding hydrogens is 432 g/mol. The van der Waals surface area contributed by atoms with Crippen LogP contribution in [0.5, 0.6) is 11.5 Å². The number of ketones is 1. The molecule has 3 heterocycles. The van der Waals surface area contributed by atoms with Crippen molar-refractivity contribution < 1.29 is 14.3 Å². The minimum absolute atomic E-state index is 0.0216. The highest BCUT2D eigenvalue weighted by atomic mass is 16.7. The number of nitrogens with zero attached hydrogens (tertiary/aromatic N) is 4. The lowest BCUT2D eigenvalue weighted by Crippen LogP contribution is -2.40. The van der Waals surface area contributed by atoms with E-state index in [4.69, 9.17) is 15.2 Å². The van der Waals surface area contributed by atoms with Crippen molar-refractivity contribution in [1.82, 2.24) is 15.2 Å². The SMILES string of the molecule is N#CC1=C(N)N(c2ncn[nH]2)C2=C(C(=O)CC(c3ccccc3)C2)C1c1ccc2c(c1)OCO2. The summed E-state index contributed by atoms with van der Waals surface area (Å²) in [6, 6.07) is 17.7. The molecule has 0 amide bonds. The third-order valence-electron chi connectivity index (χ3n) is 6.58. The number of anilines is 1. The number of ether oxygens (including phenoxy) is 2. The Bertz CT molecular complexity index is 1390. The Kier molecular flexibility index (Phi) is 4.59. The summed E-state index contributed by atoms with van der Waals surface area (Å²) in [7, 11) is 0. The second-order valence-corrected chi connectivity index (χ2v) is 8.40. The van der Waals surface area contributed by atoms with E-state index in [2.05, 4.69) is 21.3 Å². The molecule has 0 radical (unpaired) electrons. The van der Waals surface area contributed by atoms with Gasteiger partial charge in [0.1, 0.15) is 12.1 Å². The summed E-state index contributed by atoms with van der Waals surface area (Å²) in [5.74, 6) is 1.14. The molecular formula is C25H20N6O3. The Morgan fingerprint density at radius 1 is 1.09 bits per heavy atom. The number of rotatable bonds is 3. The summed E-state index contributed by atoms with van der Waals surface area (Å²) in [5, 5.41) is 16.9. The maximum Gasteiger partial charge on any atom is 0.231 e. The van der Waals surface area contributed by atoms with E-state index < -0.39 is 5.92 Å². The van der Waals surface area contributed by atoms with Gasteiger partial charge in [0.05, 0.1) is 17.6 Å². The van der Waals surface area contributed by atoms with E-state index >= 15 is 0 Å². The number of aromatic nitrogens is 3. The van der Waals surface area contributed by atoms with E-state index in [1.165, 1.54) is 6.33 Å². The van der Waals surface area contributed by atoms with Gasteiger partial charge in [-0.05, 0) is 35.6 Å². The molecule has 9 heteroatoms. The largest absolute Gasteiger partial charge is 0.454 e. The number of nitrogens with two attached hydrogens (primary N) is 1. The second-order valence-electron chi connectivity index (χ2n) is 8.40. The normalized spacial score (nSPS) is 21.5. The molecule has 0 saturated heterocycles. The molecule has 2 unspecified atom stereocenters. The molecule has 0 bridgehead atoms. The number of hydrogen-bond donors (Lipinski definition) is 2. The van der Waals surface area contributed by atoms with Crippen LogP contribution in [0.3, 0.4) is 0 Å². The van der Waals surface area contributed by atoms with E-state index in [1.54, 1.807) is 11.0 Å². The molecule has 3 N–H and O–H groups in total. The number of carbonyl (C=O) groups is 1. The number of hydrogen-bond acceptors (Lipinski definition) is 8. The van der Waals surface area contributed by atoms with Crippen molar-refractivity contribution in [3.63, 3.8) is 0 Å². The molecule has 2 aromatic carbocycles. The van der Waals surface area contributed by atoms with E-state index in [0.29, 0.717) is 35.9 Å². The first-order chi connectivity index (χ1) is 16.7. The number of Topliss-reactive ketones (excluding diaryl/α,β-unsaturated/α-hetero) is 1. The molecule has 9 nitrogen and oxygen atoms in total. The highest BCUT2D eigenvalue weighted by Crippen LogP contribution is 2.49. The van der Waals surface area contributed by atoms with Crippen LogP contribution in [-0.2, 0) is 4.79 Å². The molecule has 6 rings (SSSR count). The van der Waals surface area contributed by atoms with Gasteiger partial charge in [0.15, 0.2) is 17.3 Å². The van der Waals surface area contributed by atoms with Gasteiger partial charge < -0.3 is 15.2 Å². The summed E-state index contributed by atoms with van der Waals surface area (Å²) >= 11 is 0. The van der Waals surface area contributed by atoms with Crippen LogP contribution in [0, 0.1) is 11.3 Å². The Labute approximate surface area is 195 Å². The Morgan fingerprint density at radius 3 is 2.68 bits per heavy atom. The van der Waals surface area contributed by atoms with Crippen molar-refractivity contribution in [2.75, 3.05) is 11.7 Å². The zero-order chi connectivity index (χ0) is 23.2. The molecule has 3 aromatic rings. The van der Waals surface area contributed by atoms with E-state index in [0.717, 1.165) is 16.8 Å². The van der Waals surface area contributed by atoms with Gasteiger partial charge in [-0.1, -0.05) is 36.4 Å². The van der Waals surface area contributed by atoms with Gasteiger partial charge in [0.2, 0.25) is 12.7 Å². The van der Waals surface area contributed by atoms with Crippen molar-refractivity contribution in [3.05, 3.63) is 88.6 Å². The number of carbonyl (C=O) groups excluding carboxylic acids is 1. The van der Waals surface area contributed by atoms with Crippen LogP contribution in [-0.4, -0.2) is 27.8 Å². The van der Waals surface area contributed by atoms with Gasteiger partial charge in [0, 0.05) is 17.7 Å². The van der Waals surface area contributed by atoms with E-state index in [-0.39, 0.29) is 29.9 Å². The average Bonchev–Trinajstić information content (AvgIpc) is 3.55. The number of H-pyrrole nitrogens is 1. The summed E-state index contributed by atoms with van der Waals surface area (Å²) in [6.07, 6.45) is 2.27. The molecule has 0 spiro atoms. The van der Waals surface area contributed by atoms with Crippen molar-refractivity contribution in [2.45, 2.75) is 24.7 Å². The quantitative estimate of drug-likeness (QED) is 0.619. The van der Waals surface area contributed by atoms with Crippen LogP contribution in [0.15, 0.2) is 77.5 Å². The van der Waals surface area contributed by atoms with E-state index in [9.17, 15) is 10.1 Å². The smallest absolute Gasteiger partial charge is 0.231 e. The van der Waals surface area contributed by atoms with Crippen LogP contribution in [0.1, 0.15) is 35.8 Å². The third kappa shape index (κ3) is 3.03. The third-order valence-corrected chi connectivity index (χ3v) is 6.58. The molecule has 0 saturated carbocycles. The van der Waals surface area contributed by atoms with Gasteiger partial charge >= 0.3 is 0 Å². The Balaban J connectivity index is 1.54. The second kappa shape index (κ2) is 7.78. The molecule has 34 heavy (non-hydrogen) atoms. The van der Waals surface area contributed by atoms with Crippen LogP contribution >= 0.6 is 0 Å². The maximum atomic E-state index is 13.8. The number of nitrogens with one attached hydrogen (secondary N) is 1. The van der Waals surface area contributed by atoms with Crippen molar-refractivity contribution in [2.24, 2.45) is 5.73 Å². The number of benzene rings is 2. The summed E-state index contributed by atoms with van der Waals surface area (Å²) in [6.45, 7) is 0.136. The van der Waals surface area contributed by atoms with Gasteiger partial charge in [0.25, 0.3) is 0 Å². The molecule has 3 aliphatic rings. The standard InChI is InChI=1S/C25H20N6O3/c26-11-17-22(15-6-7-20-21(10-15)34-13-33-20)23-18(31(24(17)27)25-28-12-29-30-25)8-16(9-19(23)32)14-4-2-1-3-5-14/h1-7,10,12,16,22H,8-9,13,27H2,(H,28,29,30). The molecule has 0 fully saturated rings. The van der Waals surface area contributed by atoms with Crippen LogP contribution in [0.2, 0.25) is 0 Å². The molecule has 168 valence electrons. The summed E-state index contributed by atoms with van der Waals surface area (Å²) in [4.78, 5) is 19.7.